The second-order valence-corrected chi connectivity index (χ2v) is 6.75. The topological polar surface area (TPSA) is 45.7 Å². The molecule has 0 atom stereocenters. The van der Waals surface area contributed by atoms with Crippen molar-refractivity contribution in [2.24, 2.45) is 0 Å². The molecule has 0 spiro atoms. The van der Waals surface area contributed by atoms with Crippen molar-refractivity contribution in [1.82, 2.24) is 4.98 Å². The van der Waals surface area contributed by atoms with E-state index in [1.165, 1.54) is 24.3 Å². The molecule has 1 amide bonds. The van der Waals surface area contributed by atoms with Crippen LogP contribution < -0.4 is 14.5 Å². The van der Waals surface area contributed by atoms with E-state index in [4.69, 9.17) is 4.74 Å². The van der Waals surface area contributed by atoms with E-state index in [0.717, 1.165) is 24.3 Å². The third-order valence-corrected chi connectivity index (χ3v) is 4.81. The molecule has 0 unspecified atom stereocenters. The van der Waals surface area contributed by atoms with Crippen LogP contribution in [0.5, 0.6) is 5.75 Å². The molecule has 3 aromatic rings. The first-order chi connectivity index (χ1) is 14.6. The normalized spacial score (nSPS) is 10.5. The molecule has 1 heterocycles. The largest absolute Gasteiger partial charge is 0.484 e. The highest BCUT2D eigenvalue weighted by Gasteiger charge is 2.18. The van der Waals surface area contributed by atoms with Crippen LogP contribution in [0.3, 0.4) is 0 Å². The number of aromatic nitrogens is 1. The van der Waals surface area contributed by atoms with Crippen LogP contribution in [0.2, 0.25) is 0 Å². The van der Waals surface area contributed by atoms with E-state index < -0.39 is 0 Å². The average molecular weight is 407 g/mol. The Hall–Kier alpha value is -3.41. The molecule has 0 aliphatic rings. The molecule has 0 fully saturated rings. The van der Waals surface area contributed by atoms with E-state index in [2.05, 4.69) is 35.9 Å². The number of carbonyl (C=O) groups excluding carboxylic acids is 1. The lowest BCUT2D eigenvalue weighted by atomic mass is 10.1. The molecule has 0 bridgehead atoms. The van der Waals surface area contributed by atoms with E-state index in [1.807, 2.05) is 18.2 Å². The van der Waals surface area contributed by atoms with E-state index in [0.29, 0.717) is 18.1 Å². The molecule has 1 aromatic heterocycles. The lowest BCUT2D eigenvalue weighted by Gasteiger charge is -2.24. The second-order valence-electron chi connectivity index (χ2n) is 6.75. The lowest BCUT2D eigenvalue weighted by Crippen LogP contribution is -2.35. The number of hydrogen-bond acceptors (Lipinski definition) is 4. The van der Waals surface area contributed by atoms with Crippen LogP contribution in [0.25, 0.3) is 0 Å². The fourth-order valence-corrected chi connectivity index (χ4v) is 3.15. The fourth-order valence-electron chi connectivity index (χ4n) is 3.15. The number of nitrogens with zero attached hydrogens (tertiary/aromatic N) is 3. The first kappa shape index (κ1) is 21.3. The Morgan fingerprint density at radius 3 is 2.27 bits per heavy atom. The summed E-state index contributed by atoms with van der Waals surface area (Å²) in [6.45, 7) is 6.34. The highest BCUT2D eigenvalue weighted by atomic mass is 19.1. The van der Waals surface area contributed by atoms with Crippen LogP contribution in [-0.4, -0.2) is 30.6 Å². The van der Waals surface area contributed by atoms with Crippen molar-refractivity contribution in [2.75, 3.05) is 29.5 Å². The van der Waals surface area contributed by atoms with Gasteiger partial charge in [0, 0.05) is 25.0 Å². The van der Waals surface area contributed by atoms with E-state index in [9.17, 15) is 9.18 Å². The number of pyridine rings is 1. The Kier molecular flexibility index (Phi) is 7.38. The maximum Gasteiger partial charge on any atom is 0.266 e. The zero-order chi connectivity index (χ0) is 21.3. The highest BCUT2D eigenvalue weighted by Crippen LogP contribution is 2.19. The summed E-state index contributed by atoms with van der Waals surface area (Å²) in [5, 5.41) is 0. The first-order valence-electron chi connectivity index (χ1n) is 10.0. The summed E-state index contributed by atoms with van der Waals surface area (Å²) in [4.78, 5) is 21.1. The predicted molar refractivity (Wildman–Crippen MR) is 117 cm³/mol. The van der Waals surface area contributed by atoms with Gasteiger partial charge in [-0.2, -0.15) is 0 Å². The van der Waals surface area contributed by atoms with Crippen molar-refractivity contribution >= 4 is 17.4 Å². The number of carbonyl (C=O) groups is 1. The number of anilines is 2. The van der Waals surface area contributed by atoms with E-state index >= 15 is 0 Å². The van der Waals surface area contributed by atoms with Gasteiger partial charge < -0.3 is 9.64 Å². The maximum absolute atomic E-state index is 13.1. The maximum atomic E-state index is 13.1. The van der Waals surface area contributed by atoms with Gasteiger partial charge >= 0.3 is 0 Å². The monoisotopic (exact) mass is 407 g/mol. The molecule has 0 saturated heterocycles. The van der Waals surface area contributed by atoms with Crippen molar-refractivity contribution < 1.29 is 13.9 Å². The lowest BCUT2D eigenvalue weighted by molar-refractivity contribution is -0.120. The molecule has 3 rings (SSSR count). The molecule has 5 nitrogen and oxygen atoms in total. The van der Waals surface area contributed by atoms with Gasteiger partial charge in [0.15, 0.2) is 6.61 Å². The Morgan fingerprint density at radius 1 is 0.967 bits per heavy atom. The molecule has 0 saturated carbocycles. The van der Waals surface area contributed by atoms with E-state index in [1.54, 1.807) is 23.2 Å². The number of hydrogen-bond donors (Lipinski definition) is 0. The Balaban J connectivity index is 1.74. The summed E-state index contributed by atoms with van der Waals surface area (Å²) >= 11 is 0. The number of halogens is 1. The minimum absolute atomic E-state index is 0.167. The van der Waals surface area contributed by atoms with E-state index in [-0.39, 0.29) is 18.3 Å². The third-order valence-electron chi connectivity index (χ3n) is 4.81. The average Bonchev–Trinajstić information content (AvgIpc) is 2.79. The molecule has 6 heteroatoms. The van der Waals surface area contributed by atoms with Gasteiger partial charge in [0.1, 0.15) is 17.4 Å². The summed E-state index contributed by atoms with van der Waals surface area (Å²) in [5.74, 6) is 0.412. The van der Waals surface area contributed by atoms with Crippen LogP contribution in [0.1, 0.15) is 19.4 Å². The molecular formula is C24H26FN3O2. The van der Waals surface area contributed by atoms with Gasteiger partial charge in [-0.25, -0.2) is 9.37 Å². The number of rotatable bonds is 9. The fraction of sp³-hybridized carbons (Fsp3) is 0.250. The molecule has 0 aliphatic carbocycles. The molecule has 0 radical (unpaired) electrons. The Morgan fingerprint density at radius 2 is 1.67 bits per heavy atom. The smallest absolute Gasteiger partial charge is 0.266 e. The van der Waals surface area contributed by atoms with Gasteiger partial charge in [-0.05, 0) is 67.9 Å². The minimum atomic E-state index is -0.350. The van der Waals surface area contributed by atoms with Crippen LogP contribution in [0.4, 0.5) is 15.9 Å². The van der Waals surface area contributed by atoms with Crippen molar-refractivity contribution in [3.05, 3.63) is 84.3 Å². The predicted octanol–water partition coefficient (Wildman–Crippen LogP) is 4.68. The van der Waals surface area contributed by atoms with Gasteiger partial charge in [0.25, 0.3) is 5.91 Å². The van der Waals surface area contributed by atoms with Crippen molar-refractivity contribution in [1.29, 1.82) is 0 Å². The summed E-state index contributed by atoms with van der Waals surface area (Å²) in [6.07, 6.45) is 1.65. The van der Waals surface area contributed by atoms with Crippen molar-refractivity contribution in [2.45, 2.75) is 20.4 Å². The van der Waals surface area contributed by atoms with Gasteiger partial charge in [-0.1, -0.05) is 18.2 Å². The zero-order valence-corrected chi connectivity index (χ0v) is 17.3. The third kappa shape index (κ3) is 5.56. The molecule has 156 valence electrons. The highest BCUT2D eigenvalue weighted by molar-refractivity contribution is 5.93. The molecule has 0 N–H and O–H groups in total. The van der Waals surface area contributed by atoms with Crippen molar-refractivity contribution in [3.8, 4) is 5.75 Å². The number of benzene rings is 2. The van der Waals surface area contributed by atoms with Crippen LogP contribution >= 0.6 is 0 Å². The standard InChI is InChI=1S/C24H26FN3O2/c1-3-27(4-2)21-12-8-19(9-13-21)17-28(23-7-5-6-16-26-23)24(29)18-30-22-14-10-20(25)11-15-22/h5-16H,3-4,17-18H2,1-2H3. The quantitative estimate of drug-likeness (QED) is 0.517. The van der Waals surface area contributed by atoms with Gasteiger partial charge in [0.2, 0.25) is 0 Å². The summed E-state index contributed by atoms with van der Waals surface area (Å²) in [5.41, 5.74) is 2.14. The summed E-state index contributed by atoms with van der Waals surface area (Å²) in [6, 6.07) is 19.2. The van der Waals surface area contributed by atoms with Crippen LogP contribution in [-0.2, 0) is 11.3 Å². The second kappa shape index (κ2) is 10.4. The molecule has 30 heavy (non-hydrogen) atoms. The first-order valence-corrected chi connectivity index (χ1v) is 10.0. The van der Waals surface area contributed by atoms with Gasteiger partial charge in [0.05, 0.1) is 6.54 Å². The summed E-state index contributed by atoms with van der Waals surface area (Å²) in [7, 11) is 0. The number of ether oxygens (including phenoxy) is 1. The summed E-state index contributed by atoms with van der Waals surface area (Å²) < 4.78 is 18.6. The molecule has 0 aliphatic heterocycles. The van der Waals surface area contributed by atoms with Crippen LogP contribution in [0, 0.1) is 5.82 Å². The Labute approximate surface area is 176 Å². The molecular weight excluding hydrogens is 381 g/mol. The van der Waals surface area contributed by atoms with Gasteiger partial charge in [-0.15, -0.1) is 0 Å². The molecule has 2 aromatic carbocycles. The number of amides is 1. The Bertz CT molecular complexity index is 927. The van der Waals surface area contributed by atoms with Crippen molar-refractivity contribution in [3.63, 3.8) is 0 Å². The van der Waals surface area contributed by atoms with Gasteiger partial charge in [-0.3, -0.25) is 9.69 Å². The minimum Gasteiger partial charge on any atom is -0.484 e. The zero-order valence-electron chi connectivity index (χ0n) is 17.3. The SMILES string of the molecule is CCN(CC)c1ccc(CN(C(=O)COc2ccc(F)cc2)c2ccccn2)cc1. The van der Waals surface area contributed by atoms with Crippen LogP contribution in [0.15, 0.2) is 72.9 Å².